The van der Waals surface area contributed by atoms with Gasteiger partial charge in [-0.25, -0.2) is 0 Å². The van der Waals surface area contributed by atoms with Crippen LogP contribution in [-0.2, 0) is 4.79 Å². The molecule has 2 fully saturated rings. The third kappa shape index (κ3) is 5.05. The highest BCUT2D eigenvalue weighted by molar-refractivity contribution is 5.94. The molecule has 170 valence electrons. The second kappa shape index (κ2) is 9.44. The number of piperidine rings is 1. The summed E-state index contributed by atoms with van der Waals surface area (Å²) in [7, 11) is 0. The third-order valence-electron chi connectivity index (χ3n) is 5.97. The van der Waals surface area contributed by atoms with E-state index in [9.17, 15) is 9.59 Å². The summed E-state index contributed by atoms with van der Waals surface area (Å²) in [6.45, 7) is 0.593. The van der Waals surface area contributed by atoms with Crippen molar-refractivity contribution in [3.8, 4) is 17.1 Å². The van der Waals surface area contributed by atoms with Gasteiger partial charge >= 0.3 is 0 Å². The highest BCUT2D eigenvalue weighted by Gasteiger charge is 2.32. The molecule has 1 N–H and O–H groups in total. The van der Waals surface area contributed by atoms with E-state index in [2.05, 4.69) is 15.5 Å². The zero-order valence-electron chi connectivity index (χ0n) is 18.3. The quantitative estimate of drug-likeness (QED) is 0.594. The number of likely N-dealkylation sites (tertiary alicyclic amines) is 1. The molecule has 0 spiro atoms. The molecule has 5 rings (SSSR count). The standard InChI is InChI=1S/C25H26N4O4/c30-22(16-32-20-6-2-1-3-7-20)29-15-5-4-8-21(29)25-27-23(28-33-25)17-9-11-18(12-10-17)24(31)26-19-13-14-19/h1-3,6-7,9-12,19,21H,4-5,8,13-16H2,(H,26,31). The van der Waals surface area contributed by atoms with E-state index in [1.54, 1.807) is 17.0 Å². The molecule has 1 saturated carbocycles. The zero-order valence-corrected chi connectivity index (χ0v) is 18.3. The summed E-state index contributed by atoms with van der Waals surface area (Å²) < 4.78 is 11.2. The first kappa shape index (κ1) is 21.2. The van der Waals surface area contributed by atoms with E-state index in [1.807, 2.05) is 42.5 Å². The van der Waals surface area contributed by atoms with Gasteiger partial charge in [0, 0.05) is 23.7 Å². The lowest BCUT2D eigenvalue weighted by atomic mass is 10.0. The van der Waals surface area contributed by atoms with Crippen molar-refractivity contribution in [2.45, 2.75) is 44.2 Å². The first-order valence-corrected chi connectivity index (χ1v) is 11.4. The molecule has 1 unspecified atom stereocenters. The van der Waals surface area contributed by atoms with E-state index in [1.165, 1.54) is 0 Å². The fourth-order valence-electron chi connectivity index (χ4n) is 3.99. The Labute approximate surface area is 191 Å². The van der Waals surface area contributed by atoms with Crippen LogP contribution in [0.15, 0.2) is 59.1 Å². The summed E-state index contributed by atoms with van der Waals surface area (Å²) in [5.41, 5.74) is 1.37. The van der Waals surface area contributed by atoms with Crippen molar-refractivity contribution in [1.29, 1.82) is 0 Å². The van der Waals surface area contributed by atoms with Gasteiger partial charge in [-0.2, -0.15) is 4.98 Å². The maximum Gasteiger partial charge on any atom is 0.261 e. The Hall–Kier alpha value is -3.68. The van der Waals surface area contributed by atoms with Crippen LogP contribution < -0.4 is 10.1 Å². The molecule has 1 aliphatic heterocycles. The van der Waals surface area contributed by atoms with Gasteiger partial charge in [-0.15, -0.1) is 0 Å². The average Bonchev–Trinajstić information content (AvgIpc) is 3.54. The molecule has 3 aromatic rings. The molecular weight excluding hydrogens is 420 g/mol. The molecule has 33 heavy (non-hydrogen) atoms. The van der Waals surface area contributed by atoms with Gasteiger partial charge in [-0.05, 0) is 56.4 Å². The summed E-state index contributed by atoms with van der Waals surface area (Å²) in [4.78, 5) is 31.4. The van der Waals surface area contributed by atoms with Gasteiger partial charge in [0.15, 0.2) is 6.61 Å². The van der Waals surface area contributed by atoms with Crippen molar-refractivity contribution >= 4 is 11.8 Å². The molecule has 2 aromatic carbocycles. The van der Waals surface area contributed by atoms with Crippen LogP contribution in [0, 0.1) is 0 Å². The predicted octanol–water partition coefficient (Wildman–Crippen LogP) is 3.76. The van der Waals surface area contributed by atoms with Gasteiger partial charge in [-0.1, -0.05) is 35.5 Å². The average molecular weight is 447 g/mol. The van der Waals surface area contributed by atoms with Gasteiger partial charge in [0.05, 0.1) is 0 Å². The van der Waals surface area contributed by atoms with Crippen molar-refractivity contribution < 1.29 is 18.8 Å². The Morgan fingerprint density at radius 3 is 2.58 bits per heavy atom. The number of rotatable bonds is 7. The third-order valence-corrected chi connectivity index (χ3v) is 5.97. The fraction of sp³-hybridized carbons (Fsp3) is 0.360. The summed E-state index contributed by atoms with van der Waals surface area (Å²) >= 11 is 0. The topological polar surface area (TPSA) is 97.6 Å². The Morgan fingerprint density at radius 1 is 1.03 bits per heavy atom. The zero-order chi connectivity index (χ0) is 22.6. The van der Waals surface area contributed by atoms with Crippen LogP contribution in [-0.4, -0.2) is 46.0 Å². The van der Waals surface area contributed by atoms with Gasteiger partial charge in [0.25, 0.3) is 11.8 Å². The van der Waals surface area contributed by atoms with E-state index in [-0.39, 0.29) is 24.5 Å². The second-order valence-electron chi connectivity index (χ2n) is 8.48. The lowest BCUT2D eigenvalue weighted by Gasteiger charge is -2.33. The molecular formula is C25H26N4O4. The van der Waals surface area contributed by atoms with Crippen LogP contribution in [0.1, 0.15) is 54.4 Å². The van der Waals surface area contributed by atoms with Gasteiger partial charge in [0.1, 0.15) is 11.8 Å². The minimum atomic E-state index is -0.268. The molecule has 2 aliphatic rings. The highest BCUT2D eigenvalue weighted by atomic mass is 16.5. The molecule has 1 atom stereocenters. The number of amides is 2. The lowest BCUT2D eigenvalue weighted by molar-refractivity contribution is -0.138. The SMILES string of the molecule is O=C(NC1CC1)c1ccc(-c2noc(C3CCCCN3C(=O)COc3ccccc3)n2)cc1. The lowest BCUT2D eigenvalue weighted by Crippen LogP contribution is -2.41. The molecule has 0 radical (unpaired) electrons. The van der Waals surface area contributed by atoms with Crippen LogP contribution in [0.25, 0.3) is 11.4 Å². The Morgan fingerprint density at radius 2 is 1.82 bits per heavy atom. The number of para-hydroxylation sites is 1. The summed E-state index contributed by atoms with van der Waals surface area (Å²) in [6.07, 6.45) is 4.78. The van der Waals surface area contributed by atoms with E-state index in [0.29, 0.717) is 35.6 Å². The molecule has 8 nitrogen and oxygen atoms in total. The summed E-state index contributed by atoms with van der Waals surface area (Å²) in [5.74, 6) is 1.36. The molecule has 1 saturated heterocycles. The first-order chi connectivity index (χ1) is 16.2. The number of nitrogens with zero attached hydrogens (tertiary/aromatic N) is 3. The van der Waals surface area contributed by atoms with Crippen LogP contribution >= 0.6 is 0 Å². The fourth-order valence-corrected chi connectivity index (χ4v) is 3.99. The Bertz CT molecular complexity index is 1110. The smallest absolute Gasteiger partial charge is 0.261 e. The van der Waals surface area contributed by atoms with E-state index < -0.39 is 0 Å². The number of carbonyl (C=O) groups excluding carboxylic acids is 2. The maximum atomic E-state index is 12.9. The number of hydrogen-bond donors (Lipinski definition) is 1. The Balaban J connectivity index is 1.26. The Kier molecular flexibility index (Phi) is 6.06. The molecule has 2 amide bonds. The highest BCUT2D eigenvalue weighted by Crippen LogP contribution is 2.31. The van der Waals surface area contributed by atoms with Crippen LogP contribution in [0.4, 0.5) is 0 Å². The minimum Gasteiger partial charge on any atom is -0.484 e. The monoisotopic (exact) mass is 446 g/mol. The van der Waals surface area contributed by atoms with Crippen LogP contribution in [0.3, 0.4) is 0 Å². The summed E-state index contributed by atoms with van der Waals surface area (Å²) in [5, 5.41) is 7.10. The van der Waals surface area contributed by atoms with Gasteiger partial charge in [0.2, 0.25) is 11.7 Å². The van der Waals surface area contributed by atoms with Crippen molar-refractivity contribution in [1.82, 2.24) is 20.4 Å². The number of ether oxygens (including phenoxy) is 1. The van der Waals surface area contributed by atoms with Crippen molar-refractivity contribution in [2.75, 3.05) is 13.2 Å². The first-order valence-electron chi connectivity index (χ1n) is 11.4. The largest absolute Gasteiger partial charge is 0.484 e. The van der Waals surface area contributed by atoms with Gasteiger partial charge in [-0.3, -0.25) is 9.59 Å². The number of carbonyl (C=O) groups is 2. The molecule has 2 heterocycles. The van der Waals surface area contributed by atoms with Crippen molar-refractivity contribution in [3.05, 3.63) is 66.1 Å². The number of hydrogen-bond acceptors (Lipinski definition) is 6. The number of aromatic nitrogens is 2. The predicted molar refractivity (Wildman–Crippen MR) is 120 cm³/mol. The molecule has 1 aliphatic carbocycles. The van der Waals surface area contributed by atoms with E-state index in [4.69, 9.17) is 9.26 Å². The molecule has 8 heteroatoms. The minimum absolute atomic E-state index is 0.0358. The van der Waals surface area contributed by atoms with Crippen LogP contribution in [0.5, 0.6) is 5.75 Å². The number of benzene rings is 2. The summed E-state index contributed by atoms with van der Waals surface area (Å²) in [6, 6.07) is 16.5. The number of nitrogens with one attached hydrogen (secondary N) is 1. The van der Waals surface area contributed by atoms with Crippen LogP contribution in [0.2, 0.25) is 0 Å². The van der Waals surface area contributed by atoms with E-state index >= 15 is 0 Å². The second-order valence-corrected chi connectivity index (χ2v) is 8.48. The molecule has 1 aromatic heterocycles. The maximum absolute atomic E-state index is 12.9. The van der Waals surface area contributed by atoms with Crippen molar-refractivity contribution in [2.24, 2.45) is 0 Å². The van der Waals surface area contributed by atoms with Crippen molar-refractivity contribution in [3.63, 3.8) is 0 Å². The molecule has 0 bridgehead atoms. The van der Waals surface area contributed by atoms with E-state index in [0.717, 1.165) is 37.7 Å². The van der Waals surface area contributed by atoms with Gasteiger partial charge < -0.3 is 19.5 Å². The normalized spacial score (nSPS) is 18.1.